The van der Waals surface area contributed by atoms with Gasteiger partial charge in [0.25, 0.3) is 0 Å². The molecule has 2 aliphatic rings. The van der Waals surface area contributed by atoms with Gasteiger partial charge in [-0.3, -0.25) is 4.90 Å². The van der Waals surface area contributed by atoms with E-state index in [9.17, 15) is 0 Å². The average molecular weight is 399 g/mol. The molecule has 148 valence electrons. The number of likely N-dealkylation sites (tertiary alicyclic amines) is 1. The molecule has 1 atom stereocenters. The number of aliphatic imine (C=N–C) groups is 2. The van der Waals surface area contributed by atoms with E-state index < -0.39 is 0 Å². The molecule has 1 saturated heterocycles. The highest BCUT2D eigenvalue weighted by Crippen LogP contribution is 2.25. The van der Waals surface area contributed by atoms with E-state index in [0.717, 1.165) is 36.8 Å². The second-order valence-corrected chi connectivity index (χ2v) is 6.87. The van der Waals surface area contributed by atoms with Gasteiger partial charge in [-0.05, 0) is 49.1 Å². The lowest BCUT2D eigenvalue weighted by Gasteiger charge is -2.38. The van der Waals surface area contributed by atoms with Gasteiger partial charge in [-0.2, -0.15) is 4.99 Å². The van der Waals surface area contributed by atoms with E-state index in [-0.39, 0.29) is 18.7 Å². The number of nitrogens with two attached hydrogens (primary N) is 1. The molecule has 0 saturated carbocycles. The maximum Gasteiger partial charge on any atom is 0.222 e. The number of guanidine groups is 2. The quantitative estimate of drug-likeness (QED) is 0.824. The van der Waals surface area contributed by atoms with Crippen molar-refractivity contribution in [2.24, 2.45) is 15.7 Å². The van der Waals surface area contributed by atoms with Gasteiger partial charge < -0.3 is 16.0 Å². The number of hydrogen-bond acceptors (Lipinski definition) is 6. The number of halogens is 1. The summed E-state index contributed by atoms with van der Waals surface area (Å²) in [5.74, 6) is 1.18. The van der Waals surface area contributed by atoms with E-state index in [1.165, 1.54) is 18.4 Å². The Morgan fingerprint density at radius 2 is 1.71 bits per heavy atom. The maximum absolute atomic E-state index is 6.09. The number of nitrogens with one attached hydrogen (secondary N) is 1. The monoisotopic (exact) mass is 398 g/mol. The zero-order valence-electron chi connectivity index (χ0n) is 16.1. The summed E-state index contributed by atoms with van der Waals surface area (Å²) < 4.78 is 0. The molecule has 1 fully saturated rings. The Hall–Kier alpha value is -2.73. The van der Waals surface area contributed by atoms with Crippen LogP contribution in [0.3, 0.4) is 0 Å². The van der Waals surface area contributed by atoms with Gasteiger partial charge in [0.2, 0.25) is 18.2 Å². The Labute approximate surface area is 172 Å². The van der Waals surface area contributed by atoms with E-state index in [1.807, 2.05) is 18.2 Å². The predicted octanol–water partition coefficient (Wildman–Crippen LogP) is 3.65. The van der Waals surface area contributed by atoms with Gasteiger partial charge in [0.1, 0.15) is 0 Å². The molecule has 2 aromatic rings. The van der Waals surface area contributed by atoms with E-state index in [2.05, 4.69) is 68.4 Å². The van der Waals surface area contributed by atoms with E-state index in [4.69, 9.17) is 5.73 Å². The second kappa shape index (κ2) is 8.97. The summed E-state index contributed by atoms with van der Waals surface area (Å²) in [7, 11) is 0. The predicted molar refractivity (Wildman–Crippen MR) is 119 cm³/mol. The number of benzene rings is 2. The summed E-state index contributed by atoms with van der Waals surface area (Å²) in [5.41, 5.74) is 9.46. The van der Waals surface area contributed by atoms with Crippen LogP contribution in [0, 0.1) is 0 Å². The molecule has 0 aliphatic carbocycles. The third kappa shape index (κ3) is 4.22. The molecular weight excluding hydrogens is 372 g/mol. The highest BCUT2D eigenvalue weighted by atomic mass is 35.5. The molecule has 0 aromatic heterocycles. The molecule has 28 heavy (non-hydrogen) atoms. The topological polar surface area (TPSA) is 69.2 Å². The van der Waals surface area contributed by atoms with Crippen LogP contribution in [0.15, 0.2) is 64.6 Å². The minimum absolute atomic E-state index is 0. The Kier molecular flexibility index (Phi) is 6.41. The lowest BCUT2D eigenvalue weighted by molar-refractivity contribution is 0.497. The molecule has 2 aliphatic heterocycles. The fourth-order valence-electron chi connectivity index (χ4n) is 3.55. The van der Waals surface area contributed by atoms with Crippen molar-refractivity contribution in [1.29, 1.82) is 0 Å². The minimum atomic E-state index is -0.340. The van der Waals surface area contributed by atoms with Crippen LogP contribution in [0.2, 0.25) is 0 Å². The summed E-state index contributed by atoms with van der Waals surface area (Å²) in [5, 5.41) is 3.52. The lowest BCUT2D eigenvalue weighted by atomic mass is 10.1. The Morgan fingerprint density at radius 1 is 1.04 bits per heavy atom. The fourth-order valence-corrected chi connectivity index (χ4v) is 3.55. The standard InChI is InChI=1S/C21H26N6.ClH/c1-2-16-10-12-17(13-11-16)23-20-24-19(22)25-21(26-14-6-7-15-26)27(20)18-8-4-3-5-9-18;/h3-5,8-13,20,23H,2,6-7,14-15H2,1H3,(H2,22,24);1H. The summed E-state index contributed by atoms with van der Waals surface area (Å²) in [4.78, 5) is 13.6. The Bertz CT molecular complexity index is 828. The molecule has 4 rings (SSSR count). The van der Waals surface area contributed by atoms with Crippen molar-refractivity contribution in [1.82, 2.24) is 4.90 Å². The fraction of sp³-hybridized carbons (Fsp3) is 0.333. The molecule has 7 heteroatoms. The summed E-state index contributed by atoms with van der Waals surface area (Å²) in [6, 6.07) is 18.7. The average Bonchev–Trinajstić information content (AvgIpc) is 3.23. The molecule has 0 radical (unpaired) electrons. The first-order valence-electron chi connectivity index (χ1n) is 9.61. The zero-order chi connectivity index (χ0) is 18.6. The first-order valence-corrected chi connectivity index (χ1v) is 9.61. The van der Waals surface area contributed by atoms with Crippen LogP contribution in [0.4, 0.5) is 11.4 Å². The van der Waals surface area contributed by atoms with Gasteiger partial charge in [0.15, 0.2) is 0 Å². The lowest BCUT2D eigenvalue weighted by Crippen LogP contribution is -2.54. The maximum atomic E-state index is 6.09. The molecule has 6 nitrogen and oxygen atoms in total. The van der Waals surface area contributed by atoms with Crippen molar-refractivity contribution in [2.75, 3.05) is 23.3 Å². The molecule has 3 N–H and O–H groups in total. The van der Waals surface area contributed by atoms with Crippen molar-refractivity contribution in [3.8, 4) is 0 Å². The molecule has 2 heterocycles. The first kappa shape index (κ1) is 20.0. The number of anilines is 2. The highest BCUT2D eigenvalue weighted by molar-refractivity contribution is 6.06. The van der Waals surface area contributed by atoms with Crippen LogP contribution in [-0.2, 0) is 6.42 Å². The SMILES string of the molecule is CCc1ccc(NC2N=C(N)N=C(N3CCCC3)N2c2ccccc2)cc1.Cl. The minimum Gasteiger partial charge on any atom is -0.368 e. The van der Waals surface area contributed by atoms with Crippen molar-refractivity contribution >= 4 is 35.7 Å². The van der Waals surface area contributed by atoms with Crippen LogP contribution in [0.5, 0.6) is 0 Å². The molecule has 0 bridgehead atoms. The smallest absolute Gasteiger partial charge is 0.222 e. The molecule has 0 spiro atoms. The van der Waals surface area contributed by atoms with E-state index in [0.29, 0.717) is 5.96 Å². The second-order valence-electron chi connectivity index (χ2n) is 6.87. The Balaban J connectivity index is 0.00000225. The molecule has 2 aromatic carbocycles. The number of hydrogen-bond donors (Lipinski definition) is 2. The van der Waals surface area contributed by atoms with E-state index in [1.54, 1.807) is 0 Å². The van der Waals surface area contributed by atoms with Crippen molar-refractivity contribution in [2.45, 2.75) is 32.5 Å². The van der Waals surface area contributed by atoms with Crippen molar-refractivity contribution < 1.29 is 0 Å². The van der Waals surface area contributed by atoms with Crippen LogP contribution in [-0.4, -0.2) is 36.2 Å². The third-order valence-corrected chi connectivity index (χ3v) is 5.01. The highest BCUT2D eigenvalue weighted by Gasteiger charge is 2.32. The largest absolute Gasteiger partial charge is 0.368 e. The molecule has 0 amide bonds. The number of rotatable bonds is 4. The van der Waals surface area contributed by atoms with Crippen LogP contribution in [0.1, 0.15) is 25.3 Å². The first-order chi connectivity index (χ1) is 13.2. The molecular formula is C21H27ClN6. The van der Waals surface area contributed by atoms with Crippen LogP contribution < -0.4 is 16.0 Å². The third-order valence-electron chi connectivity index (χ3n) is 5.01. The van der Waals surface area contributed by atoms with Gasteiger partial charge in [-0.15, -0.1) is 12.4 Å². The summed E-state index contributed by atoms with van der Waals surface area (Å²) in [6.07, 6.45) is 3.04. The number of para-hydroxylation sites is 1. The van der Waals surface area contributed by atoms with Crippen molar-refractivity contribution in [3.05, 3.63) is 60.2 Å². The van der Waals surface area contributed by atoms with Gasteiger partial charge >= 0.3 is 0 Å². The zero-order valence-corrected chi connectivity index (χ0v) is 16.9. The van der Waals surface area contributed by atoms with Crippen LogP contribution in [0.25, 0.3) is 0 Å². The summed E-state index contributed by atoms with van der Waals surface area (Å²) >= 11 is 0. The normalized spacial score (nSPS) is 19.0. The van der Waals surface area contributed by atoms with Gasteiger partial charge in [0.05, 0.1) is 0 Å². The number of aryl methyl sites for hydroxylation is 1. The number of nitrogens with zero attached hydrogens (tertiary/aromatic N) is 4. The van der Waals surface area contributed by atoms with E-state index >= 15 is 0 Å². The molecule has 1 unspecified atom stereocenters. The van der Waals surface area contributed by atoms with Crippen molar-refractivity contribution in [3.63, 3.8) is 0 Å². The van der Waals surface area contributed by atoms with Gasteiger partial charge in [0, 0.05) is 24.5 Å². The van der Waals surface area contributed by atoms with Crippen LogP contribution >= 0.6 is 12.4 Å². The van der Waals surface area contributed by atoms with Gasteiger partial charge in [-0.25, -0.2) is 4.99 Å². The Morgan fingerprint density at radius 3 is 2.36 bits per heavy atom. The summed E-state index contributed by atoms with van der Waals surface area (Å²) in [6.45, 7) is 4.14. The van der Waals surface area contributed by atoms with Gasteiger partial charge in [-0.1, -0.05) is 37.3 Å².